The van der Waals surface area contributed by atoms with Gasteiger partial charge >= 0.3 is 0 Å². The van der Waals surface area contributed by atoms with Crippen LogP contribution in [0.3, 0.4) is 0 Å². The number of carbonyl (C=O) groups is 2. The molecule has 1 fully saturated rings. The van der Waals surface area contributed by atoms with Crippen molar-refractivity contribution in [3.8, 4) is 5.75 Å². The van der Waals surface area contributed by atoms with Crippen LogP contribution in [-0.4, -0.2) is 31.0 Å². The molecule has 1 amide bonds. The van der Waals surface area contributed by atoms with Crippen LogP contribution in [0.15, 0.2) is 79.3 Å². The van der Waals surface area contributed by atoms with Gasteiger partial charge in [0.1, 0.15) is 12.4 Å². The number of aromatic nitrogens is 3. The topological polar surface area (TPSA) is 85.6 Å². The Morgan fingerprint density at radius 1 is 1.18 bits per heavy atom. The Morgan fingerprint density at radius 3 is 2.85 bits per heavy atom. The number of imidazole rings is 1. The second-order valence-corrected chi connectivity index (χ2v) is 8.30. The molecule has 34 heavy (non-hydrogen) atoms. The lowest BCUT2D eigenvalue weighted by Crippen LogP contribution is -2.46. The van der Waals surface area contributed by atoms with E-state index >= 15 is 0 Å². The van der Waals surface area contributed by atoms with E-state index in [4.69, 9.17) is 17.0 Å². The van der Waals surface area contributed by atoms with Crippen molar-refractivity contribution in [2.24, 2.45) is 5.92 Å². The van der Waals surface area contributed by atoms with Crippen LogP contribution in [-0.2, 0) is 16.2 Å². The van der Waals surface area contributed by atoms with Gasteiger partial charge in [-0.05, 0) is 35.4 Å². The second kappa shape index (κ2) is 8.99. The van der Waals surface area contributed by atoms with Crippen LogP contribution in [0.5, 0.6) is 5.75 Å². The SMILES string of the molecule is C=CCC1C(=O)C(=Cc2c(OCc3cn4cccnc4n3)ccc3ccccc23)C(=O)NC1=S. The second-order valence-electron chi connectivity index (χ2n) is 7.86. The highest BCUT2D eigenvalue weighted by Gasteiger charge is 2.35. The van der Waals surface area contributed by atoms with Crippen LogP contribution in [0, 0.1) is 5.92 Å². The van der Waals surface area contributed by atoms with E-state index in [0.29, 0.717) is 29.2 Å². The predicted molar refractivity (Wildman–Crippen MR) is 133 cm³/mol. The third kappa shape index (κ3) is 3.99. The zero-order chi connectivity index (χ0) is 23.7. The molecule has 1 aliphatic rings. The number of Topliss-reactive ketones (excluding diaryl/α,β-unsaturated/α-hetero) is 1. The number of piperidine rings is 1. The summed E-state index contributed by atoms with van der Waals surface area (Å²) in [6.45, 7) is 3.90. The number of rotatable bonds is 6. The highest BCUT2D eigenvalue weighted by atomic mass is 32.1. The Balaban J connectivity index is 1.55. The summed E-state index contributed by atoms with van der Waals surface area (Å²) in [5.74, 6) is -0.332. The van der Waals surface area contributed by atoms with Gasteiger partial charge in [0.2, 0.25) is 5.78 Å². The molecule has 2 aromatic heterocycles. The van der Waals surface area contributed by atoms with Gasteiger partial charge < -0.3 is 10.1 Å². The van der Waals surface area contributed by atoms with Crippen LogP contribution >= 0.6 is 12.2 Å². The number of ether oxygens (including phenoxy) is 1. The molecule has 4 aromatic rings. The number of fused-ring (bicyclic) bond motifs is 2. The number of nitrogens with one attached hydrogen (secondary N) is 1. The summed E-state index contributed by atoms with van der Waals surface area (Å²) in [6, 6.07) is 13.3. The van der Waals surface area contributed by atoms with E-state index in [0.717, 1.165) is 10.8 Å². The summed E-state index contributed by atoms with van der Waals surface area (Å²) >= 11 is 5.22. The minimum absolute atomic E-state index is 0.0404. The van der Waals surface area contributed by atoms with Gasteiger partial charge in [-0.2, -0.15) is 0 Å². The first-order valence-electron chi connectivity index (χ1n) is 10.7. The number of carbonyl (C=O) groups excluding carboxylic acids is 2. The molecule has 0 spiro atoms. The van der Waals surface area contributed by atoms with E-state index in [1.807, 2.05) is 59.3 Å². The van der Waals surface area contributed by atoms with E-state index in [-0.39, 0.29) is 23.0 Å². The molecule has 1 atom stereocenters. The fourth-order valence-electron chi connectivity index (χ4n) is 4.00. The van der Waals surface area contributed by atoms with E-state index in [1.165, 1.54) is 0 Å². The van der Waals surface area contributed by atoms with E-state index < -0.39 is 11.8 Å². The van der Waals surface area contributed by atoms with Crippen LogP contribution in [0.25, 0.3) is 22.6 Å². The quantitative estimate of drug-likeness (QED) is 0.199. The van der Waals surface area contributed by atoms with Gasteiger partial charge in [-0.25, -0.2) is 9.97 Å². The van der Waals surface area contributed by atoms with Crippen molar-refractivity contribution in [3.63, 3.8) is 0 Å². The molecule has 0 saturated carbocycles. The van der Waals surface area contributed by atoms with Gasteiger partial charge in [0.25, 0.3) is 5.91 Å². The lowest BCUT2D eigenvalue weighted by Gasteiger charge is -2.23. The molecule has 0 aliphatic carbocycles. The van der Waals surface area contributed by atoms with Gasteiger partial charge in [0.05, 0.1) is 22.2 Å². The van der Waals surface area contributed by atoms with Crippen molar-refractivity contribution in [1.82, 2.24) is 19.7 Å². The van der Waals surface area contributed by atoms with Crippen molar-refractivity contribution in [2.45, 2.75) is 13.0 Å². The van der Waals surface area contributed by atoms with Gasteiger partial charge in [-0.1, -0.05) is 48.6 Å². The van der Waals surface area contributed by atoms with E-state index in [1.54, 1.807) is 18.3 Å². The number of benzene rings is 2. The van der Waals surface area contributed by atoms with Crippen molar-refractivity contribution >= 4 is 51.5 Å². The Kier molecular flexibility index (Phi) is 5.73. The van der Waals surface area contributed by atoms with E-state index in [9.17, 15) is 9.59 Å². The molecule has 7 nitrogen and oxygen atoms in total. The normalized spacial score (nSPS) is 17.4. The van der Waals surface area contributed by atoms with Crippen LogP contribution < -0.4 is 10.1 Å². The molecule has 1 unspecified atom stereocenters. The van der Waals surface area contributed by atoms with Crippen LogP contribution in [0.1, 0.15) is 17.7 Å². The molecular weight excluding hydrogens is 448 g/mol. The van der Waals surface area contributed by atoms with E-state index in [2.05, 4.69) is 21.9 Å². The van der Waals surface area contributed by atoms with Crippen LogP contribution in [0.2, 0.25) is 0 Å². The van der Waals surface area contributed by atoms with Gasteiger partial charge in [0.15, 0.2) is 5.78 Å². The summed E-state index contributed by atoms with van der Waals surface area (Å²) in [7, 11) is 0. The minimum Gasteiger partial charge on any atom is -0.487 e. The molecule has 2 aromatic carbocycles. The molecule has 3 heterocycles. The molecule has 8 heteroatoms. The maximum absolute atomic E-state index is 13.1. The van der Waals surface area contributed by atoms with Crippen molar-refractivity contribution in [1.29, 1.82) is 0 Å². The third-order valence-electron chi connectivity index (χ3n) is 5.66. The molecular formula is C26H20N4O3S. The molecule has 1 aliphatic heterocycles. The first kappa shape index (κ1) is 21.7. The van der Waals surface area contributed by atoms with Crippen molar-refractivity contribution in [2.75, 3.05) is 0 Å². The summed E-state index contributed by atoms with van der Waals surface area (Å²) in [5, 5.41) is 4.47. The Hall–Kier alpha value is -4.17. The minimum atomic E-state index is -0.610. The number of amides is 1. The predicted octanol–water partition coefficient (Wildman–Crippen LogP) is 4.06. The molecule has 1 N–H and O–H groups in total. The molecule has 1 saturated heterocycles. The maximum Gasteiger partial charge on any atom is 0.259 e. The first-order chi connectivity index (χ1) is 16.5. The summed E-state index contributed by atoms with van der Waals surface area (Å²) in [6.07, 6.45) is 8.97. The Labute approximate surface area is 200 Å². The standard InChI is InChI=1S/C26H20N4O3S/c1-2-6-19-23(31)21(24(32)29-25(19)34)13-20-18-8-4-3-7-16(18)9-10-22(20)33-15-17-14-30-12-5-11-27-26(30)28-17/h2-5,7-14,19H,1,6,15H2,(H,29,32,34). The summed E-state index contributed by atoms with van der Waals surface area (Å²) < 4.78 is 7.95. The lowest BCUT2D eigenvalue weighted by molar-refractivity contribution is -0.124. The number of allylic oxidation sites excluding steroid dienone is 1. The van der Waals surface area contributed by atoms with Gasteiger partial charge in [-0.15, -0.1) is 6.58 Å². The number of ketones is 1. The fraction of sp³-hybridized carbons (Fsp3) is 0.115. The number of thiocarbonyl (C=S) groups is 1. The maximum atomic E-state index is 13.1. The Morgan fingerprint density at radius 2 is 2.03 bits per heavy atom. The third-order valence-corrected chi connectivity index (χ3v) is 6.05. The summed E-state index contributed by atoms with van der Waals surface area (Å²) in [5.41, 5.74) is 1.38. The molecule has 168 valence electrons. The highest BCUT2D eigenvalue weighted by molar-refractivity contribution is 7.80. The number of nitrogens with zero attached hydrogens (tertiary/aromatic N) is 3. The average molecular weight is 469 g/mol. The number of hydrogen-bond donors (Lipinski definition) is 1. The highest BCUT2D eigenvalue weighted by Crippen LogP contribution is 2.32. The van der Waals surface area contributed by atoms with Gasteiger partial charge in [-0.3, -0.25) is 14.0 Å². The van der Waals surface area contributed by atoms with Gasteiger partial charge in [0, 0.05) is 24.2 Å². The molecule has 0 bridgehead atoms. The largest absolute Gasteiger partial charge is 0.487 e. The Bertz CT molecular complexity index is 1470. The van der Waals surface area contributed by atoms with Crippen molar-refractivity contribution < 1.29 is 14.3 Å². The zero-order valence-electron chi connectivity index (χ0n) is 18.1. The average Bonchev–Trinajstić information content (AvgIpc) is 3.26. The molecule has 0 radical (unpaired) electrons. The smallest absolute Gasteiger partial charge is 0.259 e. The monoisotopic (exact) mass is 468 g/mol. The fourth-order valence-corrected chi connectivity index (χ4v) is 4.29. The zero-order valence-corrected chi connectivity index (χ0v) is 18.9. The first-order valence-corrected chi connectivity index (χ1v) is 11.1. The van der Waals surface area contributed by atoms with Crippen molar-refractivity contribution in [3.05, 3.63) is 90.5 Å². The van der Waals surface area contributed by atoms with Crippen LogP contribution in [0.4, 0.5) is 0 Å². The number of hydrogen-bond acceptors (Lipinski definition) is 6. The lowest BCUT2D eigenvalue weighted by atomic mass is 9.88. The summed E-state index contributed by atoms with van der Waals surface area (Å²) in [4.78, 5) is 34.8. The molecule has 5 rings (SSSR count).